The molecule has 25 heavy (non-hydrogen) atoms. The first kappa shape index (κ1) is 19.0. The molecule has 2 fully saturated rings. The van der Waals surface area contributed by atoms with Crippen LogP contribution in [0.5, 0.6) is 0 Å². The molecule has 2 aliphatic heterocycles. The van der Waals surface area contributed by atoms with Crippen LogP contribution in [-0.4, -0.2) is 67.6 Å². The fourth-order valence-corrected chi connectivity index (χ4v) is 4.41. The number of carboxylic acids is 2. The summed E-state index contributed by atoms with van der Waals surface area (Å²) in [5.74, 6) is -3.09. The lowest BCUT2D eigenvalue weighted by atomic mass is 10.0. The van der Waals surface area contributed by atoms with E-state index < -0.39 is 52.5 Å². The van der Waals surface area contributed by atoms with Gasteiger partial charge >= 0.3 is 11.9 Å². The first-order valence-corrected chi connectivity index (χ1v) is 8.56. The number of carbonyl (C=O) groups is 4. The highest BCUT2D eigenvalue weighted by atomic mass is 32.2. The minimum absolute atomic E-state index is 0.0422. The average molecular weight is 369 g/mol. The smallest absolute Gasteiger partial charge is 0.327 e. The normalized spacial score (nSPS) is 28.4. The Morgan fingerprint density at radius 1 is 1.44 bits per heavy atom. The van der Waals surface area contributed by atoms with Gasteiger partial charge in [0.1, 0.15) is 23.5 Å². The Kier molecular flexibility index (Phi) is 5.89. The molecule has 3 unspecified atom stereocenters. The zero-order valence-electron chi connectivity index (χ0n) is 13.3. The van der Waals surface area contributed by atoms with Crippen LogP contribution in [-0.2, 0) is 19.2 Å². The predicted octanol–water partition coefficient (Wildman–Crippen LogP) is -0.869. The number of rotatable bonds is 8. The van der Waals surface area contributed by atoms with Gasteiger partial charge in [-0.3, -0.25) is 14.4 Å². The van der Waals surface area contributed by atoms with E-state index in [9.17, 15) is 24.3 Å². The van der Waals surface area contributed by atoms with Gasteiger partial charge in [-0.2, -0.15) is 0 Å². The van der Waals surface area contributed by atoms with Crippen LogP contribution < -0.4 is 11.1 Å². The summed E-state index contributed by atoms with van der Waals surface area (Å²) in [5, 5.41) is 19.6. The van der Waals surface area contributed by atoms with Gasteiger partial charge in [0.15, 0.2) is 0 Å². The van der Waals surface area contributed by atoms with E-state index in [1.807, 2.05) is 0 Å². The van der Waals surface area contributed by atoms with Crippen molar-refractivity contribution in [2.45, 2.75) is 48.0 Å². The number of nitrogens with zero attached hydrogens (tertiary/aromatic N) is 1. The Hall–Kier alpha value is -2.29. The second kappa shape index (κ2) is 7.73. The number of hydrogen-bond acceptors (Lipinski definition) is 6. The van der Waals surface area contributed by atoms with Crippen molar-refractivity contribution in [3.05, 3.63) is 18.4 Å². The van der Waals surface area contributed by atoms with E-state index >= 15 is 0 Å². The maximum atomic E-state index is 12.2. The van der Waals surface area contributed by atoms with Crippen LogP contribution in [0.3, 0.4) is 0 Å². The van der Waals surface area contributed by atoms with Gasteiger partial charge in [-0.05, 0) is 18.9 Å². The molecule has 0 aromatic rings. The van der Waals surface area contributed by atoms with Crippen LogP contribution in [0.2, 0.25) is 0 Å². The maximum Gasteiger partial charge on any atom is 0.327 e. The highest BCUT2D eigenvalue weighted by Crippen LogP contribution is 2.44. The van der Waals surface area contributed by atoms with Crippen LogP contribution in [0, 0.1) is 0 Å². The quantitative estimate of drug-likeness (QED) is 0.318. The zero-order chi connectivity index (χ0) is 18.7. The number of carbonyl (C=O) groups excluding carboxylic acids is 2. The molecule has 136 valence electrons. The molecule has 10 heteroatoms. The Morgan fingerprint density at radius 2 is 2.12 bits per heavy atom. The van der Waals surface area contributed by atoms with E-state index in [0.29, 0.717) is 0 Å². The highest BCUT2D eigenvalue weighted by molar-refractivity contribution is 8.01. The van der Waals surface area contributed by atoms with Crippen LogP contribution >= 0.6 is 11.8 Å². The molecular weight excluding hydrogens is 350 g/mol. The van der Waals surface area contributed by atoms with Crippen molar-refractivity contribution in [2.75, 3.05) is 0 Å². The lowest BCUT2D eigenvalue weighted by Crippen LogP contribution is -2.70. The molecule has 0 aliphatic carbocycles. The van der Waals surface area contributed by atoms with Crippen LogP contribution in [0.25, 0.3) is 0 Å². The van der Waals surface area contributed by atoms with E-state index in [0.717, 1.165) is 0 Å². The lowest BCUT2D eigenvalue weighted by Gasteiger charge is -2.43. The number of carboxylic acid groups (broad SMARTS) is 2. The fourth-order valence-electron chi connectivity index (χ4n) is 2.81. The number of nitrogens with one attached hydrogen (secondary N) is 1. The van der Waals surface area contributed by atoms with Crippen molar-refractivity contribution in [1.29, 1.82) is 0 Å². The summed E-state index contributed by atoms with van der Waals surface area (Å²) in [5.41, 5.74) is 7.89. The topological polar surface area (TPSA) is 150 Å². The van der Waals surface area contributed by atoms with E-state index in [1.54, 1.807) is 0 Å². The molecule has 2 aliphatic rings. The van der Waals surface area contributed by atoms with Gasteiger partial charge < -0.3 is 26.2 Å². The number of fused-ring (bicyclic) bond motifs is 1. The molecule has 9 nitrogen and oxygen atoms in total. The highest BCUT2D eigenvalue weighted by Gasteiger charge is 2.60. The van der Waals surface area contributed by atoms with Crippen molar-refractivity contribution in [2.24, 2.45) is 5.73 Å². The van der Waals surface area contributed by atoms with E-state index in [4.69, 9.17) is 10.8 Å². The maximum absolute atomic E-state index is 12.2. The molecule has 5 N–H and O–H groups in total. The van der Waals surface area contributed by atoms with Gasteiger partial charge in [0.05, 0.1) is 5.25 Å². The number of hydrogen-bond donors (Lipinski definition) is 4. The molecule has 2 heterocycles. The third-order valence-corrected chi connectivity index (χ3v) is 5.56. The van der Waals surface area contributed by atoms with Crippen molar-refractivity contribution in [3.63, 3.8) is 0 Å². The molecule has 2 saturated heterocycles. The van der Waals surface area contributed by atoms with Crippen LogP contribution in [0.1, 0.15) is 19.3 Å². The Balaban J connectivity index is 1.90. The molecule has 0 aromatic heterocycles. The average Bonchev–Trinajstić information content (AvgIpc) is 2.88. The van der Waals surface area contributed by atoms with Gasteiger partial charge in [-0.25, -0.2) is 4.79 Å². The first-order chi connectivity index (χ1) is 11.8. The van der Waals surface area contributed by atoms with Gasteiger partial charge in [0.25, 0.3) is 0 Å². The first-order valence-electron chi connectivity index (χ1n) is 7.62. The molecule has 2 rings (SSSR count). The summed E-state index contributed by atoms with van der Waals surface area (Å²) < 4.78 is 0. The van der Waals surface area contributed by atoms with E-state index in [1.165, 1.54) is 22.7 Å². The minimum Gasteiger partial charge on any atom is -0.480 e. The van der Waals surface area contributed by atoms with Crippen molar-refractivity contribution < 1.29 is 29.4 Å². The summed E-state index contributed by atoms with van der Waals surface area (Å²) in [6.45, 7) is 3.42. The lowest BCUT2D eigenvalue weighted by molar-refractivity contribution is -0.159. The second-order valence-electron chi connectivity index (χ2n) is 5.77. The molecule has 0 spiro atoms. The van der Waals surface area contributed by atoms with Crippen molar-refractivity contribution in [3.8, 4) is 0 Å². The van der Waals surface area contributed by atoms with Gasteiger partial charge in [-0.15, -0.1) is 17.5 Å². The van der Waals surface area contributed by atoms with E-state index in [-0.39, 0.29) is 19.3 Å². The Morgan fingerprint density at radius 3 is 2.68 bits per heavy atom. The fraction of sp³-hybridized carbons (Fsp3) is 0.533. The van der Waals surface area contributed by atoms with Crippen molar-refractivity contribution in [1.82, 2.24) is 10.2 Å². The van der Waals surface area contributed by atoms with Crippen molar-refractivity contribution >= 4 is 35.5 Å². The third-order valence-electron chi connectivity index (χ3n) is 4.08. The second-order valence-corrected chi connectivity index (χ2v) is 7.07. The molecule has 0 bridgehead atoms. The number of thioether (sulfide) groups is 1. The van der Waals surface area contributed by atoms with Crippen LogP contribution in [0.4, 0.5) is 0 Å². The third kappa shape index (κ3) is 3.87. The summed E-state index contributed by atoms with van der Waals surface area (Å²) >= 11 is 1.26. The Labute approximate surface area is 147 Å². The monoisotopic (exact) mass is 369 g/mol. The summed E-state index contributed by atoms with van der Waals surface area (Å²) in [4.78, 5) is 47.4. The SMILES string of the molecule is C=C=C[C@H]1SC2[C@@H](NC(=O)CCCC(N)C(=O)O)C(=O)N2C1C(=O)O. The number of β-lactam (4-membered cyclic amide) rings is 1. The standard InChI is InChI=1S/C15H19N3O6S/c1-2-4-8-11(15(23)24)18-12(20)10(13(18)25-8)17-9(19)6-3-5-7(16)14(21)22/h4,7-8,10-11,13H,1,3,5-6,16H2,(H,17,19)(H,21,22)(H,23,24)/t7?,8-,10+,11?,13?/m1/s1. The molecule has 0 radical (unpaired) electrons. The van der Waals surface area contributed by atoms with Gasteiger partial charge in [-0.1, -0.05) is 6.58 Å². The largest absolute Gasteiger partial charge is 0.480 e. The molecule has 5 atom stereocenters. The molecule has 2 amide bonds. The molecule has 0 aromatic carbocycles. The summed E-state index contributed by atoms with van der Waals surface area (Å²) in [6.07, 6.45) is 1.97. The van der Waals surface area contributed by atoms with Crippen LogP contribution in [0.15, 0.2) is 18.4 Å². The van der Waals surface area contributed by atoms with E-state index in [2.05, 4.69) is 17.6 Å². The Bertz CT molecular complexity index is 647. The predicted molar refractivity (Wildman–Crippen MR) is 88.5 cm³/mol. The molecule has 0 saturated carbocycles. The zero-order valence-corrected chi connectivity index (χ0v) is 14.1. The number of aliphatic carboxylic acids is 2. The van der Waals surface area contributed by atoms with Gasteiger partial charge in [0.2, 0.25) is 11.8 Å². The number of amides is 2. The summed E-state index contributed by atoms with van der Waals surface area (Å²) in [7, 11) is 0. The van der Waals surface area contributed by atoms with Gasteiger partial charge in [0, 0.05) is 6.42 Å². The number of nitrogens with two attached hydrogens (primary N) is 1. The summed E-state index contributed by atoms with van der Waals surface area (Å²) in [6, 6.07) is -2.81. The molecular formula is C15H19N3O6S. The minimum atomic E-state index is -1.13.